The van der Waals surface area contributed by atoms with E-state index in [0.29, 0.717) is 5.54 Å². The molecular formula is C13H19N. The van der Waals surface area contributed by atoms with Crippen molar-refractivity contribution in [2.45, 2.75) is 45.2 Å². The number of hydrogen-bond donors (Lipinski definition) is 1. The van der Waals surface area contributed by atoms with Crippen molar-refractivity contribution in [2.75, 3.05) is 0 Å². The van der Waals surface area contributed by atoms with Crippen LogP contribution in [0, 0.1) is 6.92 Å². The summed E-state index contributed by atoms with van der Waals surface area (Å²) in [6.07, 6.45) is 4.05. The van der Waals surface area contributed by atoms with Crippen LogP contribution in [0.1, 0.15) is 37.3 Å². The van der Waals surface area contributed by atoms with Crippen molar-refractivity contribution in [3.8, 4) is 0 Å². The highest BCUT2D eigenvalue weighted by Crippen LogP contribution is 2.31. The van der Waals surface area contributed by atoms with Gasteiger partial charge in [0, 0.05) is 12.1 Å². The maximum Gasteiger partial charge on any atom is 0.0210 e. The van der Waals surface area contributed by atoms with Gasteiger partial charge in [0.25, 0.3) is 0 Å². The molecule has 1 aliphatic rings. The van der Waals surface area contributed by atoms with Crippen molar-refractivity contribution in [1.82, 2.24) is 5.32 Å². The minimum atomic E-state index is 0.420. The molecule has 0 aromatic heterocycles. The third kappa shape index (κ3) is 2.16. The van der Waals surface area contributed by atoms with Crippen LogP contribution in [-0.2, 0) is 6.54 Å². The molecule has 0 radical (unpaired) electrons. The molecule has 0 heterocycles. The number of aryl methyl sites for hydroxylation is 1. The molecule has 0 aliphatic heterocycles. The van der Waals surface area contributed by atoms with Crippen molar-refractivity contribution in [1.29, 1.82) is 0 Å². The summed E-state index contributed by atoms with van der Waals surface area (Å²) >= 11 is 0. The van der Waals surface area contributed by atoms with Gasteiger partial charge in [0.2, 0.25) is 0 Å². The Labute approximate surface area is 86.5 Å². The van der Waals surface area contributed by atoms with Crippen LogP contribution in [-0.4, -0.2) is 5.54 Å². The third-order valence-corrected chi connectivity index (χ3v) is 3.26. The number of nitrogens with one attached hydrogen (secondary N) is 1. The summed E-state index contributed by atoms with van der Waals surface area (Å²) < 4.78 is 0. The first-order valence-electron chi connectivity index (χ1n) is 5.49. The topological polar surface area (TPSA) is 12.0 Å². The summed E-state index contributed by atoms with van der Waals surface area (Å²) in [7, 11) is 0. The molecule has 2 rings (SSSR count). The van der Waals surface area contributed by atoms with Crippen LogP contribution in [0.15, 0.2) is 24.3 Å². The average molecular weight is 189 g/mol. The summed E-state index contributed by atoms with van der Waals surface area (Å²) in [5, 5.41) is 3.64. The Morgan fingerprint density at radius 3 is 2.71 bits per heavy atom. The normalized spacial score (nSPS) is 19.0. The second-order valence-electron chi connectivity index (χ2n) is 4.76. The molecule has 14 heavy (non-hydrogen) atoms. The predicted molar refractivity (Wildman–Crippen MR) is 60.3 cm³/mol. The van der Waals surface area contributed by atoms with Crippen LogP contribution in [0.5, 0.6) is 0 Å². The molecule has 1 N–H and O–H groups in total. The smallest absolute Gasteiger partial charge is 0.0210 e. The van der Waals surface area contributed by atoms with Crippen LogP contribution >= 0.6 is 0 Å². The van der Waals surface area contributed by atoms with Crippen LogP contribution in [0.2, 0.25) is 0 Å². The zero-order chi connectivity index (χ0) is 10.0. The Morgan fingerprint density at radius 2 is 2.14 bits per heavy atom. The molecule has 1 fully saturated rings. The van der Waals surface area contributed by atoms with Gasteiger partial charge in [0.05, 0.1) is 0 Å². The van der Waals surface area contributed by atoms with Crippen LogP contribution in [0.25, 0.3) is 0 Å². The van der Waals surface area contributed by atoms with E-state index in [4.69, 9.17) is 0 Å². The van der Waals surface area contributed by atoms with E-state index in [2.05, 4.69) is 43.4 Å². The van der Waals surface area contributed by atoms with Crippen LogP contribution < -0.4 is 5.32 Å². The van der Waals surface area contributed by atoms with Gasteiger partial charge in [-0.1, -0.05) is 29.8 Å². The van der Waals surface area contributed by atoms with Gasteiger partial charge in [0.15, 0.2) is 0 Å². The lowest BCUT2D eigenvalue weighted by molar-refractivity contribution is 0.207. The van der Waals surface area contributed by atoms with Crippen molar-refractivity contribution in [2.24, 2.45) is 0 Å². The van der Waals surface area contributed by atoms with Crippen molar-refractivity contribution in [3.63, 3.8) is 0 Å². The first-order valence-corrected chi connectivity index (χ1v) is 5.49. The van der Waals surface area contributed by atoms with E-state index in [1.807, 2.05) is 0 Å². The minimum Gasteiger partial charge on any atom is -0.307 e. The summed E-state index contributed by atoms with van der Waals surface area (Å²) in [6, 6.07) is 8.74. The Balaban J connectivity index is 1.91. The predicted octanol–water partition coefficient (Wildman–Crippen LogP) is 3.03. The summed E-state index contributed by atoms with van der Waals surface area (Å²) in [4.78, 5) is 0. The fourth-order valence-corrected chi connectivity index (χ4v) is 2.02. The van der Waals surface area contributed by atoms with E-state index in [1.165, 1.54) is 30.4 Å². The molecule has 0 unspecified atom stereocenters. The number of benzene rings is 1. The van der Waals surface area contributed by atoms with Crippen LogP contribution in [0.4, 0.5) is 0 Å². The van der Waals surface area contributed by atoms with E-state index in [9.17, 15) is 0 Å². The zero-order valence-electron chi connectivity index (χ0n) is 9.14. The molecule has 1 saturated carbocycles. The molecular weight excluding hydrogens is 170 g/mol. The van der Waals surface area contributed by atoms with Crippen molar-refractivity contribution in [3.05, 3.63) is 35.4 Å². The molecule has 0 amide bonds. The van der Waals surface area contributed by atoms with E-state index in [0.717, 1.165) is 6.54 Å². The first-order chi connectivity index (χ1) is 6.68. The molecule has 1 aromatic carbocycles. The molecule has 1 aliphatic carbocycles. The molecule has 0 spiro atoms. The van der Waals surface area contributed by atoms with Crippen molar-refractivity contribution >= 4 is 0 Å². The Bertz CT molecular complexity index is 313. The lowest BCUT2D eigenvalue weighted by Gasteiger charge is -2.39. The third-order valence-electron chi connectivity index (χ3n) is 3.26. The fourth-order valence-electron chi connectivity index (χ4n) is 2.02. The molecule has 76 valence electrons. The van der Waals surface area contributed by atoms with Gasteiger partial charge in [-0.3, -0.25) is 0 Å². The molecule has 1 nitrogen and oxygen atoms in total. The first kappa shape index (κ1) is 9.72. The summed E-state index contributed by atoms with van der Waals surface area (Å²) in [5.41, 5.74) is 3.17. The van der Waals surface area contributed by atoms with Crippen LogP contribution in [0.3, 0.4) is 0 Å². The quantitative estimate of drug-likeness (QED) is 0.770. The van der Waals surface area contributed by atoms with E-state index >= 15 is 0 Å². The Hall–Kier alpha value is -0.820. The highest BCUT2D eigenvalue weighted by molar-refractivity contribution is 5.22. The minimum absolute atomic E-state index is 0.420. The van der Waals surface area contributed by atoms with Gasteiger partial charge in [-0.2, -0.15) is 0 Å². The lowest BCUT2D eigenvalue weighted by atomic mass is 9.78. The van der Waals surface area contributed by atoms with E-state index < -0.39 is 0 Å². The summed E-state index contributed by atoms with van der Waals surface area (Å²) in [5.74, 6) is 0. The highest BCUT2D eigenvalue weighted by Gasteiger charge is 2.30. The number of hydrogen-bond acceptors (Lipinski definition) is 1. The Morgan fingerprint density at radius 1 is 1.36 bits per heavy atom. The molecule has 1 heteroatoms. The number of rotatable bonds is 3. The van der Waals surface area contributed by atoms with E-state index in [1.54, 1.807) is 0 Å². The maximum absolute atomic E-state index is 3.64. The second kappa shape index (κ2) is 3.74. The van der Waals surface area contributed by atoms with Crippen molar-refractivity contribution < 1.29 is 0 Å². The lowest BCUT2D eigenvalue weighted by Crippen LogP contribution is -2.47. The maximum atomic E-state index is 3.64. The van der Waals surface area contributed by atoms with Gasteiger partial charge < -0.3 is 5.32 Å². The molecule has 1 aromatic rings. The van der Waals surface area contributed by atoms with Gasteiger partial charge in [-0.15, -0.1) is 0 Å². The zero-order valence-corrected chi connectivity index (χ0v) is 9.14. The average Bonchev–Trinajstić information content (AvgIpc) is 2.12. The SMILES string of the molecule is Cc1cccc(CNC2(C)CCC2)c1. The highest BCUT2D eigenvalue weighted by atomic mass is 15.0. The largest absolute Gasteiger partial charge is 0.307 e. The standard InChI is InChI=1S/C13H19N/c1-11-5-3-6-12(9-11)10-14-13(2)7-4-8-13/h3,5-6,9,14H,4,7-8,10H2,1-2H3. The molecule has 0 saturated heterocycles. The molecule has 0 atom stereocenters. The van der Waals surface area contributed by atoms with Gasteiger partial charge >= 0.3 is 0 Å². The fraction of sp³-hybridized carbons (Fsp3) is 0.538. The monoisotopic (exact) mass is 189 g/mol. The van der Waals surface area contributed by atoms with Gasteiger partial charge in [-0.05, 0) is 38.7 Å². The van der Waals surface area contributed by atoms with E-state index in [-0.39, 0.29) is 0 Å². The summed E-state index contributed by atoms with van der Waals surface area (Å²) in [6.45, 7) is 5.49. The van der Waals surface area contributed by atoms with Gasteiger partial charge in [0.1, 0.15) is 0 Å². The Kier molecular flexibility index (Phi) is 2.60. The second-order valence-corrected chi connectivity index (χ2v) is 4.76. The van der Waals surface area contributed by atoms with Gasteiger partial charge in [-0.25, -0.2) is 0 Å². The molecule has 0 bridgehead atoms.